The van der Waals surface area contributed by atoms with Crippen molar-refractivity contribution in [3.05, 3.63) is 29.8 Å². The lowest BCUT2D eigenvalue weighted by Crippen LogP contribution is -2.35. The number of benzene rings is 1. The van der Waals surface area contributed by atoms with E-state index in [0.29, 0.717) is 0 Å². The summed E-state index contributed by atoms with van der Waals surface area (Å²) >= 11 is 0. The molecule has 7 nitrogen and oxygen atoms in total. The van der Waals surface area contributed by atoms with Crippen LogP contribution in [0.1, 0.15) is 24.2 Å². The van der Waals surface area contributed by atoms with Crippen molar-refractivity contribution in [1.29, 1.82) is 0 Å². The van der Waals surface area contributed by atoms with Gasteiger partial charge in [-0.2, -0.15) is 0 Å². The maximum Gasteiger partial charge on any atom is 0.308 e. The number of rotatable bonds is 7. The lowest BCUT2D eigenvalue weighted by Gasteiger charge is -2.16. The molecule has 1 atom stereocenters. The summed E-state index contributed by atoms with van der Waals surface area (Å²) in [5.74, 6) is -2.73. The highest BCUT2D eigenvalue weighted by molar-refractivity contribution is 7.89. The van der Waals surface area contributed by atoms with Crippen LogP contribution >= 0.6 is 0 Å². The van der Waals surface area contributed by atoms with Crippen LogP contribution in [0.3, 0.4) is 0 Å². The van der Waals surface area contributed by atoms with E-state index in [1.807, 2.05) is 0 Å². The molecule has 1 amide bonds. The Hall–Kier alpha value is -1.93. The summed E-state index contributed by atoms with van der Waals surface area (Å²) in [5.41, 5.74) is 5.26. The second-order valence-corrected chi connectivity index (χ2v) is 6.70. The van der Waals surface area contributed by atoms with Gasteiger partial charge >= 0.3 is 5.97 Å². The molecule has 0 aromatic heterocycles. The van der Waals surface area contributed by atoms with Gasteiger partial charge in [-0.05, 0) is 30.2 Å². The van der Waals surface area contributed by atoms with Crippen molar-refractivity contribution in [2.75, 3.05) is 6.54 Å². The SMILES string of the molecule is CC(C)C(CNS(=O)(=O)c1ccc(C(N)=O)cc1)C(=O)O. The van der Waals surface area contributed by atoms with E-state index in [0.717, 1.165) is 0 Å². The first-order valence-electron chi connectivity index (χ1n) is 6.27. The molecule has 0 aliphatic heterocycles. The number of carboxylic acid groups (broad SMARTS) is 1. The van der Waals surface area contributed by atoms with Crippen molar-refractivity contribution in [2.45, 2.75) is 18.7 Å². The first kappa shape index (κ1) is 17.1. The summed E-state index contributed by atoms with van der Waals surface area (Å²) < 4.78 is 26.3. The van der Waals surface area contributed by atoms with Gasteiger partial charge < -0.3 is 10.8 Å². The van der Waals surface area contributed by atoms with Gasteiger partial charge in [0.15, 0.2) is 0 Å². The number of primary amides is 1. The number of nitrogens with two attached hydrogens (primary N) is 1. The van der Waals surface area contributed by atoms with Crippen molar-refractivity contribution in [3.63, 3.8) is 0 Å². The molecule has 0 aliphatic rings. The number of hydrogen-bond acceptors (Lipinski definition) is 4. The zero-order valence-electron chi connectivity index (χ0n) is 11.7. The fraction of sp³-hybridized carbons (Fsp3) is 0.385. The molecular formula is C13H18N2O5S. The minimum Gasteiger partial charge on any atom is -0.481 e. The molecule has 1 unspecified atom stereocenters. The van der Waals surface area contributed by atoms with E-state index in [2.05, 4.69) is 4.72 Å². The van der Waals surface area contributed by atoms with Crippen molar-refractivity contribution in [1.82, 2.24) is 4.72 Å². The van der Waals surface area contributed by atoms with Crippen LogP contribution in [-0.2, 0) is 14.8 Å². The third kappa shape index (κ3) is 4.54. The Labute approximate surface area is 123 Å². The smallest absolute Gasteiger partial charge is 0.308 e. The summed E-state index contributed by atoms with van der Waals surface area (Å²) in [6, 6.07) is 5.09. The Kier molecular flexibility index (Phi) is 5.45. The molecule has 0 fully saturated rings. The summed E-state index contributed by atoms with van der Waals surface area (Å²) in [6.07, 6.45) is 0. The molecule has 1 aromatic rings. The first-order chi connectivity index (χ1) is 9.65. The second kappa shape index (κ2) is 6.68. The first-order valence-corrected chi connectivity index (χ1v) is 7.76. The molecule has 0 spiro atoms. The molecule has 8 heteroatoms. The van der Waals surface area contributed by atoms with Gasteiger partial charge in [0.1, 0.15) is 0 Å². The van der Waals surface area contributed by atoms with Crippen LogP contribution < -0.4 is 10.5 Å². The normalized spacial score (nSPS) is 13.1. The fourth-order valence-electron chi connectivity index (χ4n) is 1.69. The molecule has 116 valence electrons. The van der Waals surface area contributed by atoms with Crippen LogP contribution in [0, 0.1) is 11.8 Å². The molecule has 1 rings (SSSR count). The minimum absolute atomic E-state index is 0.0552. The molecular weight excluding hydrogens is 296 g/mol. The quantitative estimate of drug-likeness (QED) is 0.672. The van der Waals surface area contributed by atoms with E-state index >= 15 is 0 Å². The summed E-state index contributed by atoms with van der Waals surface area (Å²) in [5, 5.41) is 9.02. The Balaban J connectivity index is 2.86. The predicted octanol–water partition coefficient (Wildman–Crippen LogP) is 0.421. The van der Waals surface area contributed by atoms with E-state index < -0.39 is 27.8 Å². The van der Waals surface area contributed by atoms with Crippen molar-refractivity contribution < 1.29 is 23.1 Å². The fourth-order valence-corrected chi connectivity index (χ4v) is 2.75. The standard InChI is InChI=1S/C13H18N2O5S/c1-8(2)11(13(17)18)7-15-21(19,20)10-5-3-9(4-6-10)12(14)16/h3-6,8,11,15H,7H2,1-2H3,(H2,14,16)(H,17,18). The van der Waals surface area contributed by atoms with Crippen LogP contribution in [0.2, 0.25) is 0 Å². The molecule has 0 aliphatic carbocycles. The van der Waals surface area contributed by atoms with Crippen molar-refractivity contribution in [3.8, 4) is 0 Å². The van der Waals surface area contributed by atoms with E-state index in [9.17, 15) is 18.0 Å². The molecule has 0 bridgehead atoms. The Morgan fingerprint density at radius 1 is 1.24 bits per heavy atom. The van der Waals surface area contributed by atoms with E-state index in [4.69, 9.17) is 10.8 Å². The van der Waals surface area contributed by atoms with Crippen LogP contribution in [0.4, 0.5) is 0 Å². The molecule has 0 radical (unpaired) electrons. The highest BCUT2D eigenvalue weighted by Gasteiger charge is 2.24. The van der Waals surface area contributed by atoms with Crippen LogP contribution in [0.5, 0.6) is 0 Å². The third-order valence-electron chi connectivity index (χ3n) is 3.06. The van der Waals surface area contributed by atoms with Gasteiger partial charge in [0, 0.05) is 12.1 Å². The van der Waals surface area contributed by atoms with Gasteiger partial charge in [0.25, 0.3) is 0 Å². The maximum absolute atomic E-state index is 12.0. The monoisotopic (exact) mass is 314 g/mol. The Morgan fingerprint density at radius 3 is 2.14 bits per heavy atom. The zero-order valence-corrected chi connectivity index (χ0v) is 12.6. The van der Waals surface area contributed by atoms with E-state index in [-0.39, 0.29) is 22.9 Å². The average molecular weight is 314 g/mol. The molecule has 0 heterocycles. The number of hydrogen-bond donors (Lipinski definition) is 3. The number of carbonyl (C=O) groups excluding carboxylic acids is 1. The molecule has 1 aromatic carbocycles. The third-order valence-corrected chi connectivity index (χ3v) is 4.50. The average Bonchev–Trinajstić information content (AvgIpc) is 2.38. The van der Waals surface area contributed by atoms with Crippen LogP contribution in [-0.4, -0.2) is 31.9 Å². The van der Waals surface area contributed by atoms with Gasteiger partial charge in [-0.3, -0.25) is 9.59 Å². The number of amides is 1. The van der Waals surface area contributed by atoms with Gasteiger partial charge in [0.05, 0.1) is 10.8 Å². The summed E-state index contributed by atoms with van der Waals surface area (Å²) in [6.45, 7) is 3.20. The second-order valence-electron chi connectivity index (χ2n) is 4.93. The Morgan fingerprint density at radius 2 is 1.76 bits per heavy atom. The maximum atomic E-state index is 12.0. The lowest BCUT2D eigenvalue weighted by atomic mass is 9.97. The van der Waals surface area contributed by atoms with Gasteiger partial charge in [0.2, 0.25) is 15.9 Å². The summed E-state index contributed by atoms with van der Waals surface area (Å²) in [4.78, 5) is 21.9. The largest absolute Gasteiger partial charge is 0.481 e. The molecule has 0 saturated heterocycles. The lowest BCUT2D eigenvalue weighted by molar-refractivity contribution is -0.142. The zero-order chi connectivity index (χ0) is 16.2. The highest BCUT2D eigenvalue weighted by atomic mass is 32.2. The van der Waals surface area contributed by atoms with Gasteiger partial charge in [-0.1, -0.05) is 13.8 Å². The number of carboxylic acids is 1. The number of nitrogens with one attached hydrogen (secondary N) is 1. The van der Waals surface area contributed by atoms with E-state index in [1.54, 1.807) is 13.8 Å². The molecule has 0 saturated carbocycles. The molecule has 21 heavy (non-hydrogen) atoms. The Bertz CT molecular complexity index is 622. The van der Waals surface area contributed by atoms with Crippen molar-refractivity contribution >= 4 is 21.9 Å². The van der Waals surface area contributed by atoms with Gasteiger partial charge in [-0.25, -0.2) is 13.1 Å². The molecule has 4 N–H and O–H groups in total. The number of aliphatic carboxylic acids is 1. The van der Waals surface area contributed by atoms with Crippen molar-refractivity contribution in [2.24, 2.45) is 17.6 Å². The summed E-state index contributed by atoms with van der Waals surface area (Å²) in [7, 11) is -3.83. The minimum atomic E-state index is -3.83. The van der Waals surface area contributed by atoms with Crippen LogP contribution in [0.25, 0.3) is 0 Å². The number of sulfonamides is 1. The predicted molar refractivity (Wildman–Crippen MR) is 76.1 cm³/mol. The number of carbonyl (C=O) groups is 2. The highest BCUT2D eigenvalue weighted by Crippen LogP contribution is 2.13. The topological polar surface area (TPSA) is 127 Å². The van der Waals surface area contributed by atoms with E-state index in [1.165, 1.54) is 24.3 Å². The van der Waals surface area contributed by atoms with Gasteiger partial charge in [-0.15, -0.1) is 0 Å². The van der Waals surface area contributed by atoms with Crippen LogP contribution in [0.15, 0.2) is 29.2 Å².